The van der Waals surface area contributed by atoms with Gasteiger partial charge in [-0.1, -0.05) is 0 Å². The lowest BCUT2D eigenvalue weighted by Crippen LogP contribution is -2.56. The third-order valence-corrected chi connectivity index (χ3v) is 1.93. The number of nitro groups is 1. The SMILES string of the molecule is CO[C@H]1OC[C@H](O)[C@H]([N+](=O)[O-])[C@@H]1O. The zero-order valence-electron chi connectivity index (χ0n) is 6.99. The van der Waals surface area contributed by atoms with Gasteiger partial charge in [0.25, 0.3) is 6.04 Å². The molecule has 0 unspecified atom stereocenters. The molecule has 7 nitrogen and oxygen atoms in total. The summed E-state index contributed by atoms with van der Waals surface area (Å²) in [6, 6.07) is -1.45. The highest BCUT2D eigenvalue weighted by atomic mass is 16.7. The molecule has 1 aliphatic heterocycles. The van der Waals surface area contributed by atoms with E-state index in [2.05, 4.69) is 4.74 Å². The normalized spacial score (nSPS) is 40.2. The second-order valence-electron chi connectivity index (χ2n) is 2.77. The lowest BCUT2D eigenvalue weighted by atomic mass is 10.0. The van der Waals surface area contributed by atoms with Crippen molar-refractivity contribution < 1.29 is 24.6 Å². The molecular formula is C6H11NO6. The van der Waals surface area contributed by atoms with Gasteiger partial charge in [-0.3, -0.25) is 10.1 Å². The molecule has 1 fully saturated rings. The van der Waals surface area contributed by atoms with Crippen LogP contribution in [0.1, 0.15) is 0 Å². The first-order valence-electron chi connectivity index (χ1n) is 3.72. The molecule has 0 amide bonds. The van der Waals surface area contributed by atoms with Crippen molar-refractivity contribution in [2.75, 3.05) is 13.7 Å². The summed E-state index contributed by atoms with van der Waals surface area (Å²) in [5.41, 5.74) is 0. The topological polar surface area (TPSA) is 102 Å². The summed E-state index contributed by atoms with van der Waals surface area (Å²) >= 11 is 0. The van der Waals surface area contributed by atoms with E-state index in [1.807, 2.05) is 0 Å². The van der Waals surface area contributed by atoms with Crippen LogP contribution >= 0.6 is 0 Å². The van der Waals surface area contributed by atoms with Crippen LogP contribution < -0.4 is 0 Å². The molecule has 0 radical (unpaired) electrons. The van der Waals surface area contributed by atoms with Gasteiger partial charge in [-0.15, -0.1) is 0 Å². The molecule has 0 aromatic heterocycles. The number of hydrogen-bond donors (Lipinski definition) is 2. The van der Waals surface area contributed by atoms with Crippen molar-refractivity contribution in [1.82, 2.24) is 0 Å². The van der Waals surface area contributed by atoms with E-state index in [1.54, 1.807) is 0 Å². The van der Waals surface area contributed by atoms with Crippen LogP contribution in [0.25, 0.3) is 0 Å². The third kappa shape index (κ3) is 1.94. The quantitative estimate of drug-likeness (QED) is 0.402. The maximum atomic E-state index is 10.4. The largest absolute Gasteiger partial charge is 0.383 e. The van der Waals surface area contributed by atoms with E-state index < -0.39 is 29.5 Å². The number of ether oxygens (including phenoxy) is 2. The molecule has 0 aliphatic carbocycles. The van der Waals surface area contributed by atoms with Crippen LogP contribution in [-0.4, -0.2) is 53.4 Å². The first-order chi connectivity index (χ1) is 6.07. The van der Waals surface area contributed by atoms with Crippen LogP contribution in [0.5, 0.6) is 0 Å². The number of rotatable bonds is 2. The van der Waals surface area contributed by atoms with E-state index in [1.165, 1.54) is 7.11 Å². The van der Waals surface area contributed by atoms with E-state index in [0.717, 1.165) is 0 Å². The van der Waals surface area contributed by atoms with Gasteiger partial charge in [-0.2, -0.15) is 0 Å². The van der Waals surface area contributed by atoms with Gasteiger partial charge in [0, 0.05) is 12.0 Å². The Bertz CT molecular complexity index is 198. The van der Waals surface area contributed by atoms with Crippen molar-refractivity contribution in [2.45, 2.75) is 24.5 Å². The highest BCUT2D eigenvalue weighted by molar-refractivity contribution is 4.82. The molecule has 0 spiro atoms. The van der Waals surface area contributed by atoms with Gasteiger partial charge < -0.3 is 19.7 Å². The number of aliphatic hydroxyl groups excluding tert-OH is 2. The zero-order valence-corrected chi connectivity index (χ0v) is 6.99. The molecular weight excluding hydrogens is 182 g/mol. The average molecular weight is 193 g/mol. The van der Waals surface area contributed by atoms with Crippen LogP contribution in [0, 0.1) is 10.1 Å². The van der Waals surface area contributed by atoms with Gasteiger partial charge in [0.15, 0.2) is 12.4 Å². The first kappa shape index (κ1) is 10.3. The Hall–Kier alpha value is -0.760. The fourth-order valence-corrected chi connectivity index (χ4v) is 1.25. The van der Waals surface area contributed by atoms with E-state index in [0.29, 0.717) is 0 Å². The van der Waals surface area contributed by atoms with Crippen molar-refractivity contribution >= 4 is 0 Å². The summed E-state index contributed by atoms with van der Waals surface area (Å²) in [4.78, 5) is 9.68. The molecule has 76 valence electrons. The number of methoxy groups -OCH3 is 1. The highest BCUT2D eigenvalue weighted by Gasteiger charge is 2.47. The minimum Gasteiger partial charge on any atom is -0.383 e. The van der Waals surface area contributed by atoms with Crippen molar-refractivity contribution in [1.29, 1.82) is 0 Å². The summed E-state index contributed by atoms with van der Waals surface area (Å²) in [5, 5.41) is 28.9. The maximum absolute atomic E-state index is 10.4. The minimum absolute atomic E-state index is 0.207. The lowest BCUT2D eigenvalue weighted by molar-refractivity contribution is -0.560. The fourth-order valence-electron chi connectivity index (χ4n) is 1.25. The minimum atomic E-state index is -1.45. The number of aliphatic hydroxyl groups is 2. The molecule has 0 aromatic rings. The fraction of sp³-hybridized carbons (Fsp3) is 1.00. The van der Waals surface area contributed by atoms with E-state index in [-0.39, 0.29) is 6.61 Å². The Labute approximate surface area is 74.0 Å². The molecule has 1 heterocycles. The van der Waals surface area contributed by atoms with E-state index >= 15 is 0 Å². The van der Waals surface area contributed by atoms with Crippen molar-refractivity contribution in [2.24, 2.45) is 0 Å². The summed E-state index contributed by atoms with van der Waals surface area (Å²) in [6.45, 7) is -0.207. The van der Waals surface area contributed by atoms with Crippen molar-refractivity contribution in [3.63, 3.8) is 0 Å². The molecule has 1 aliphatic rings. The van der Waals surface area contributed by atoms with Crippen LogP contribution in [0.2, 0.25) is 0 Å². The Balaban J connectivity index is 2.71. The van der Waals surface area contributed by atoms with Gasteiger partial charge in [0.1, 0.15) is 6.10 Å². The van der Waals surface area contributed by atoms with Gasteiger partial charge in [-0.05, 0) is 0 Å². The van der Waals surface area contributed by atoms with Crippen LogP contribution in [0.15, 0.2) is 0 Å². The zero-order chi connectivity index (χ0) is 10.0. The third-order valence-electron chi connectivity index (χ3n) is 1.93. The van der Waals surface area contributed by atoms with E-state index in [4.69, 9.17) is 9.84 Å². The standard InChI is InChI=1S/C6H11NO6/c1-12-6-5(9)4(7(10)11)3(8)2-13-6/h3-6,8-9H,2H2,1H3/t3-,4-,5-,6-/m0/s1. The Morgan fingerprint density at radius 1 is 1.62 bits per heavy atom. The summed E-state index contributed by atoms with van der Waals surface area (Å²) in [7, 11) is 1.27. The monoisotopic (exact) mass is 193 g/mol. The molecule has 0 aromatic carbocycles. The molecule has 2 N–H and O–H groups in total. The number of nitrogens with zero attached hydrogens (tertiary/aromatic N) is 1. The van der Waals surface area contributed by atoms with Gasteiger partial charge >= 0.3 is 0 Å². The molecule has 13 heavy (non-hydrogen) atoms. The Kier molecular flexibility index (Phi) is 3.15. The first-order valence-corrected chi connectivity index (χ1v) is 3.72. The van der Waals surface area contributed by atoms with Crippen LogP contribution in [-0.2, 0) is 9.47 Å². The highest BCUT2D eigenvalue weighted by Crippen LogP contribution is 2.17. The lowest BCUT2D eigenvalue weighted by Gasteiger charge is -2.31. The molecule has 0 saturated carbocycles. The Morgan fingerprint density at radius 2 is 2.23 bits per heavy atom. The number of hydrogen-bond acceptors (Lipinski definition) is 6. The van der Waals surface area contributed by atoms with Crippen molar-refractivity contribution in [3.05, 3.63) is 10.1 Å². The summed E-state index contributed by atoms with van der Waals surface area (Å²) in [5.74, 6) is 0. The van der Waals surface area contributed by atoms with Gasteiger partial charge in [-0.25, -0.2) is 0 Å². The molecule has 1 saturated heterocycles. The molecule has 7 heteroatoms. The van der Waals surface area contributed by atoms with E-state index in [9.17, 15) is 15.2 Å². The summed E-state index contributed by atoms with van der Waals surface area (Å²) in [6.07, 6.45) is -3.78. The summed E-state index contributed by atoms with van der Waals surface area (Å²) < 4.78 is 9.45. The maximum Gasteiger partial charge on any atom is 0.271 e. The average Bonchev–Trinajstić information content (AvgIpc) is 2.04. The molecule has 4 atom stereocenters. The predicted octanol–water partition coefficient (Wildman–Crippen LogP) is -1.64. The smallest absolute Gasteiger partial charge is 0.271 e. The molecule has 1 rings (SSSR count). The van der Waals surface area contributed by atoms with Gasteiger partial charge in [0.2, 0.25) is 0 Å². The van der Waals surface area contributed by atoms with Crippen molar-refractivity contribution in [3.8, 4) is 0 Å². The van der Waals surface area contributed by atoms with Crippen LogP contribution in [0.4, 0.5) is 0 Å². The van der Waals surface area contributed by atoms with Gasteiger partial charge in [0.05, 0.1) is 6.61 Å². The second kappa shape index (κ2) is 3.97. The molecule has 0 bridgehead atoms. The predicted molar refractivity (Wildman–Crippen MR) is 39.5 cm³/mol. The van der Waals surface area contributed by atoms with Crippen LogP contribution in [0.3, 0.4) is 0 Å². The Morgan fingerprint density at radius 3 is 2.69 bits per heavy atom. The second-order valence-corrected chi connectivity index (χ2v) is 2.77.